The van der Waals surface area contributed by atoms with Crippen molar-refractivity contribution >= 4 is 28.8 Å². The Hall–Kier alpha value is -2.70. The fraction of sp³-hybridized carbons (Fsp3) is 0.565. The van der Waals surface area contributed by atoms with Crippen molar-refractivity contribution in [3.05, 3.63) is 29.8 Å². The first-order valence-electron chi connectivity index (χ1n) is 10.7. The zero-order chi connectivity index (χ0) is 21.6. The van der Waals surface area contributed by atoms with Crippen LogP contribution in [0.15, 0.2) is 29.8 Å². The third-order valence-electron chi connectivity index (χ3n) is 5.86. The van der Waals surface area contributed by atoms with Crippen LogP contribution in [0.2, 0.25) is 0 Å². The van der Waals surface area contributed by atoms with Crippen LogP contribution in [0.3, 0.4) is 0 Å². The molecule has 2 atom stereocenters. The van der Waals surface area contributed by atoms with Gasteiger partial charge in [-0.3, -0.25) is 0 Å². The van der Waals surface area contributed by atoms with Gasteiger partial charge in [-0.2, -0.15) is 0 Å². The van der Waals surface area contributed by atoms with Crippen molar-refractivity contribution in [1.29, 1.82) is 0 Å². The number of anilines is 2. The molecule has 30 heavy (non-hydrogen) atoms. The highest BCUT2D eigenvalue weighted by atomic mass is 16.6. The number of carbonyl (C=O) groups excluding carboxylic acids is 1. The van der Waals surface area contributed by atoms with Crippen molar-refractivity contribution in [1.82, 2.24) is 14.5 Å². The van der Waals surface area contributed by atoms with Crippen molar-refractivity contribution in [2.75, 3.05) is 36.8 Å². The molecule has 4 rings (SSSR count). The Morgan fingerprint density at radius 3 is 2.47 bits per heavy atom. The lowest BCUT2D eigenvalue weighted by Gasteiger charge is -2.26. The van der Waals surface area contributed by atoms with E-state index in [1.165, 1.54) is 5.57 Å². The van der Waals surface area contributed by atoms with Gasteiger partial charge in [-0.15, -0.1) is 0 Å². The zero-order valence-electron chi connectivity index (χ0n) is 18.7. The largest absolute Gasteiger partial charge is 0.444 e. The summed E-state index contributed by atoms with van der Waals surface area (Å²) in [4.78, 5) is 21.6. The Balaban J connectivity index is 1.54. The monoisotopic (exact) mass is 411 g/mol. The molecule has 0 saturated carbocycles. The summed E-state index contributed by atoms with van der Waals surface area (Å²) in [5, 5.41) is 0. The number of nitrogen functional groups attached to an aromatic ring is 1. The van der Waals surface area contributed by atoms with Crippen LogP contribution in [0.4, 0.5) is 16.4 Å². The van der Waals surface area contributed by atoms with Gasteiger partial charge in [-0.1, -0.05) is 11.6 Å². The number of carbonyl (C=O) groups is 1. The third kappa shape index (κ3) is 4.11. The summed E-state index contributed by atoms with van der Waals surface area (Å²) in [6.07, 6.45) is 2.02. The number of hydrogen-bond donors (Lipinski definition) is 1. The topological polar surface area (TPSA) is 76.6 Å². The van der Waals surface area contributed by atoms with Crippen LogP contribution in [0.5, 0.6) is 0 Å². The fourth-order valence-corrected chi connectivity index (χ4v) is 4.45. The minimum absolute atomic E-state index is 0.199. The molecule has 2 aliphatic rings. The molecule has 2 unspecified atom stereocenters. The molecule has 2 fully saturated rings. The molecule has 2 saturated heterocycles. The van der Waals surface area contributed by atoms with E-state index in [0.29, 0.717) is 11.8 Å². The summed E-state index contributed by atoms with van der Waals surface area (Å²) in [5.74, 6) is 1.88. The van der Waals surface area contributed by atoms with Gasteiger partial charge < -0.3 is 24.8 Å². The predicted octanol–water partition coefficient (Wildman–Crippen LogP) is 3.89. The molecular formula is C23H33N5O2. The molecule has 7 nitrogen and oxygen atoms in total. The second-order valence-electron chi connectivity index (χ2n) is 9.86. The summed E-state index contributed by atoms with van der Waals surface area (Å²) in [6.45, 7) is 14.0. The fourth-order valence-electron chi connectivity index (χ4n) is 4.45. The molecule has 1 aromatic heterocycles. The maximum atomic E-state index is 12.5. The van der Waals surface area contributed by atoms with E-state index < -0.39 is 5.60 Å². The molecule has 0 radical (unpaired) electrons. The number of aromatic nitrogens is 2. The molecule has 2 N–H and O–H groups in total. The van der Waals surface area contributed by atoms with E-state index in [9.17, 15) is 4.79 Å². The Morgan fingerprint density at radius 1 is 1.20 bits per heavy atom. The zero-order valence-corrected chi connectivity index (χ0v) is 18.7. The lowest BCUT2D eigenvalue weighted by Crippen LogP contribution is -2.37. The molecule has 2 aromatic rings. The van der Waals surface area contributed by atoms with Gasteiger partial charge in [0.1, 0.15) is 5.60 Å². The quantitative estimate of drug-likeness (QED) is 0.613. The van der Waals surface area contributed by atoms with Crippen molar-refractivity contribution in [3.63, 3.8) is 0 Å². The molecule has 0 spiro atoms. The van der Waals surface area contributed by atoms with E-state index >= 15 is 0 Å². The van der Waals surface area contributed by atoms with Gasteiger partial charge in [0.05, 0.1) is 11.0 Å². The molecule has 1 aromatic carbocycles. The number of allylic oxidation sites excluding steroid dienone is 2. The van der Waals surface area contributed by atoms with Crippen LogP contribution < -0.4 is 10.6 Å². The third-order valence-corrected chi connectivity index (χ3v) is 5.86. The molecule has 162 valence electrons. The van der Waals surface area contributed by atoms with Gasteiger partial charge in [0.15, 0.2) is 0 Å². The number of likely N-dealkylation sites (tertiary alicyclic amines) is 1. The first kappa shape index (κ1) is 20.6. The SMILES string of the molecule is CC(C)=CCn1c(N2CC3CN(C(=O)OC(C)(C)C)CC3C2)nc2ccc(N)cc21. The van der Waals surface area contributed by atoms with Gasteiger partial charge >= 0.3 is 6.09 Å². The number of amides is 1. The van der Waals surface area contributed by atoms with E-state index in [2.05, 4.69) is 29.4 Å². The molecule has 3 heterocycles. The molecule has 1 amide bonds. The highest BCUT2D eigenvalue weighted by Crippen LogP contribution is 2.35. The predicted molar refractivity (Wildman–Crippen MR) is 121 cm³/mol. The van der Waals surface area contributed by atoms with Crippen LogP contribution >= 0.6 is 0 Å². The summed E-state index contributed by atoms with van der Waals surface area (Å²) < 4.78 is 7.82. The number of imidazole rings is 1. The van der Waals surface area contributed by atoms with Gasteiger partial charge in [0, 0.05) is 50.2 Å². The van der Waals surface area contributed by atoms with Crippen molar-refractivity contribution in [2.24, 2.45) is 11.8 Å². The van der Waals surface area contributed by atoms with E-state index in [4.69, 9.17) is 15.5 Å². The van der Waals surface area contributed by atoms with E-state index in [1.807, 2.05) is 43.9 Å². The lowest BCUT2D eigenvalue weighted by molar-refractivity contribution is 0.0282. The van der Waals surface area contributed by atoms with Gasteiger partial charge in [0.2, 0.25) is 5.95 Å². The number of nitrogens with two attached hydrogens (primary N) is 1. The maximum Gasteiger partial charge on any atom is 0.410 e. The average molecular weight is 412 g/mol. The van der Waals surface area contributed by atoms with E-state index in [1.54, 1.807) is 0 Å². The van der Waals surface area contributed by atoms with Gasteiger partial charge in [0.25, 0.3) is 0 Å². The van der Waals surface area contributed by atoms with Crippen molar-refractivity contribution < 1.29 is 9.53 Å². The smallest absolute Gasteiger partial charge is 0.410 e. The number of nitrogens with zero attached hydrogens (tertiary/aromatic N) is 4. The average Bonchev–Trinajstić information content (AvgIpc) is 3.28. The minimum Gasteiger partial charge on any atom is -0.444 e. The summed E-state index contributed by atoms with van der Waals surface area (Å²) in [5.41, 5.74) is 9.65. The maximum absolute atomic E-state index is 12.5. The van der Waals surface area contributed by atoms with E-state index in [0.717, 1.165) is 55.4 Å². The Kier molecular flexibility index (Phi) is 5.16. The standard InChI is InChI=1S/C23H33N5O2/c1-15(2)8-9-28-20-10-18(24)6-7-19(20)25-21(28)26-11-16-13-27(14-17(16)12-26)22(29)30-23(3,4)5/h6-8,10,16-17H,9,11-14,24H2,1-5H3. The minimum atomic E-state index is -0.460. The highest BCUT2D eigenvalue weighted by molar-refractivity contribution is 5.82. The first-order chi connectivity index (χ1) is 14.1. The molecule has 2 aliphatic heterocycles. The first-order valence-corrected chi connectivity index (χ1v) is 10.7. The Morgan fingerprint density at radius 2 is 1.87 bits per heavy atom. The van der Waals surface area contributed by atoms with Gasteiger partial charge in [-0.05, 0) is 52.8 Å². The summed E-state index contributed by atoms with van der Waals surface area (Å²) in [6, 6.07) is 5.90. The second kappa shape index (κ2) is 7.52. The molecule has 0 aliphatic carbocycles. The molecule has 0 bridgehead atoms. The molecule has 7 heteroatoms. The second-order valence-corrected chi connectivity index (χ2v) is 9.86. The van der Waals surface area contributed by atoms with Gasteiger partial charge in [-0.25, -0.2) is 9.78 Å². The number of rotatable bonds is 3. The molecular weight excluding hydrogens is 378 g/mol. The Labute approximate surface area is 178 Å². The Bertz CT molecular complexity index is 969. The highest BCUT2D eigenvalue weighted by Gasteiger charge is 2.43. The lowest BCUT2D eigenvalue weighted by atomic mass is 10.0. The van der Waals surface area contributed by atoms with E-state index in [-0.39, 0.29) is 6.09 Å². The van der Waals surface area contributed by atoms with Crippen LogP contribution in [-0.2, 0) is 11.3 Å². The van der Waals surface area contributed by atoms with Crippen LogP contribution in [0.1, 0.15) is 34.6 Å². The number of hydrogen-bond acceptors (Lipinski definition) is 5. The van der Waals surface area contributed by atoms with Crippen LogP contribution in [0, 0.1) is 11.8 Å². The number of ether oxygens (including phenoxy) is 1. The normalized spacial score (nSPS) is 21.2. The number of fused-ring (bicyclic) bond motifs is 2. The van der Waals surface area contributed by atoms with Crippen LogP contribution in [-0.4, -0.2) is 52.3 Å². The van der Waals surface area contributed by atoms with Crippen LogP contribution in [0.25, 0.3) is 11.0 Å². The van der Waals surface area contributed by atoms with Crippen molar-refractivity contribution in [3.8, 4) is 0 Å². The number of benzene rings is 1. The summed E-state index contributed by atoms with van der Waals surface area (Å²) >= 11 is 0. The van der Waals surface area contributed by atoms with Crippen molar-refractivity contribution in [2.45, 2.75) is 46.8 Å². The summed E-state index contributed by atoms with van der Waals surface area (Å²) in [7, 11) is 0.